The third kappa shape index (κ3) is 5.26. The number of thioether (sulfide) groups is 1. The summed E-state index contributed by atoms with van der Waals surface area (Å²) >= 11 is 6.68. The number of hydrogen-bond acceptors (Lipinski definition) is 6. The minimum atomic E-state index is -1.07. The van der Waals surface area contributed by atoms with Gasteiger partial charge in [-0.1, -0.05) is 49.1 Å². The van der Waals surface area contributed by atoms with Gasteiger partial charge in [-0.15, -0.1) is 0 Å². The van der Waals surface area contributed by atoms with Gasteiger partial charge in [0.2, 0.25) is 0 Å². The predicted octanol–water partition coefficient (Wildman–Crippen LogP) is 4.91. The van der Waals surface area contributed by atoms with Gasteiger partial charge in [0.05, 0.1) is 17.2 Å². The van der Waals surface area contributed by atoms with Gasteiger partial charge in [0, 0.05) is 0 Å². The van der Waals surface area contributed by atoms with Crippen LogP contribution in [-0.4, -0.2) is 34.0 Å². The molecule has 1 amide bonds. The van der Waals surface area contributed by atoms with Crippen LogP contribution in [0, 0.1) is 0 Å². The monoisotopic (exact) mass is 457 g/mol. The molecule has 1 aliphatic heterocycles. The quantitative estimate of drug-likeness (QED) is 0.446. The van der Waals surface area contributed by atoms with Gasteiger partial charge in [-0.25, -0.2) is 4.79 Å². The number of rotatable bonds is 8. The molecule has 0 saturated carbocycles. The lowest BCUT2D eigenvalue weighted by atomic mass is 10.1. The van der Waals surface area contributed by atoms with Crippen molar-refractivity contribution in [1.29, 1.82) is 0 Å². The molecule has 0 bridgehead atoms. The Balaban J connectivity index is 1.86. The summed E-state index contributed by atoms with van der Waals surface area (Å²) in [5.41, 5.74) is 2.65. The Morgan fingerprint density at radius 1 is 1.19 bits per heavy atom. The SMILES string of the molecule is CCOc1cc(/C=C2/SC(=S)N(c3ccc(CC)cc3)C2=O)ccc1OC(C)C(=O)O. The summed E-state index contributed by atoms with van der Waals surface area (Å²) in [5.74, 6) is -0.508. The Morgan fingerprint density at radius 3 is 2.52 bits per heavy atom. The lowest BCUT2D eigenvalue weighted by Gasteiger charge is -2.15. The van der Waals surface area contributed by atoms with Crippen LogP contribution in [0.2, 0.25) is 0 Å². The molecule has 2 aromatic rings. The Labute approximate surface area is 190 Å². The highest BCUT2D eigenvalue weighted by molar-refractivity contribution is 8.27. The predicted molar refractivity (Wildman–Crippen MR) is 127 cm³/mol. The topological polar surface area (TPSA) is 76.1 Å². The Hall–Kier alpha value is -2.84. The molecule has 0 aliphatic carbocycles. The second-order valence-electron chi connectivity index (χ2n) is 6.77. The Bertz CT molecular complexity index is 1030. The number of thiocarbonyl (C=S) groups is 1. The van der Waals surface area contributed by atoms with E-state index >= 15 is 0 Å². The minimum absolute atomic E-state index is 0.183. The number of anilines is 1. The van der Waals surface area contributed by atoms with Crippen molar-refractivity contribution in [2.75, 3.05) is 11.5 Å². The van der Waals surface area contributed by atoms with Gasteiger partial charge in [-0.05, 0) is 61.7 Å². The zero-order chi connectivity index (χ0) is 22.5. The smallest absolute Gasteiger partial charge is 0.344 e. The van der Waals surface area contributed by atoms with Crippen molar-refractivity contribution in [2.24, 2.45) is 0 Å². The highest BCUT2D eigenvalue weighted by atomic mass is 32.2. The van der Waals surface area contributed by atoms with Crippen molar-refractivity contribution < 1.29 is 24.2 Å². The van der Waals surface area contributed by atoms with Crippen molar-refractivity contribution in [2.45, 2.75) is 33.3 Å². The minimum Gasteiger partial charge on any atom is -0.490 e. The molecule has 1 atom stereocenters. The summed E-state index contributed by atoms with van der Waals surface area (Å²) in [4.78, 5) is 26.1. The van der Waals surface area contributed by atoms with Crippen molar-refractivity contribution in [1.82, 2.24) is 0 Å². The molecule has 31 heavy (non-hydrogen) atoms. The van der Waals surface area contributed by atoms with Crippen LogP contribution in [-0.2, 0) is 16.0 Å². The molecule has 1 aliphatic rings. The van der Waals surface area contributed by atoms with E-state index in [1.807, 2.05) is 31.2 Å². The number of carbonyl (C=O) groups excluding carboxylic acids is 1. The first-order valence-corrected chi connectivity index (χ1v) is 11.1. The number of hydrogen-bond donors (Lipinski definition) is 1. The summed E-state index contributed by atoms with van der Waals surface area (Å²) < 4.78 is 11.6. The lowest BCUT2D eigenvalue weighted by Crippen LogP contribution is -2.27. The molecular weight excluding hydrogens is 434 g/mol. The maximum atomic E-state index is 13.0. The zero-order valence-electron chi connectivity index (χ0n) is 17.5. The van der Waals surface area contributed by atoms with Crippen LogP contribution < -0.4 is 14.4 Å². The van der Waals surface area contributed by atoms with Gasteiger partial charge in [0.15, 0.2) is 21.9 Å². The van der Waals surface area contributed by atoms with Gasteiger partial charge >= 0.3 is 5.97 Å². The van der Waals surface area contributed by atoms with E-state index in [1.54, 1.807) is 24.3 Å². The average Bonchev–Trinajstić information content (AvgIpc) is 3.03. The summed E-state index contributed by atoms with van der Waals surface area (Å²) in [6.07, 6.45) is 1.65. The molecular formula is C23H23NO5S2. The zero-order valence-corrected chi connectivity index (χ0v) is 19.1. The van der Waals surface area contributed by atoms with E-state index in [9.17, 15) is 9.59 Å². The Morgan fingerprint density at radius 2 is 1.90 bits per heavy atom. The number of carbonyl (C=O) groups is 2. The number of aliphatic carboxylic acids is 1. The number of carboxylic acids is 1. The second kappa shape index (κ2) is 9.98. The summed E-state index contributed by atoms with van der Waals surface area (Å²) in [5, 5.41) is 9.08. The first-order valence-electron chi connectivity index (χ1n) is 9.87. The van der Waals surface area contributed by atoms with Gasteiger partial charge in [0.1, 0.15) is 0 Å². The molecule has 1 heterocycles. The molecule has 3 rings (SSSR count). The Kier molecular flexibility index (Phi) is 7.35. The molecule has 6 nitrogen and oxygen atoms in total. The standard InChI is InChI=1S/C23H23NO5S2/c1-4-15-6-9-17(10-7-15)24-21(25)20(31-23(24)30)13-16-8-11-18(19(12-16)28-5-2)29-14(3)22(26)27/h6-14H,4-5H2,1-3H3,(H,26,27)/b20-13+. The van der Waals surface area contributed by atoms with Crippen LogP contribution in [0.15, 0.2) is 47.4 Å². The molecule has 0 spiro atoms. The van der Waals surface area contributed by atoms with Crippen molar-refractivity contribution >= 4 is 51.9 Å². The van der Waals surface area contributed by atoms with Crippen molar-refractivity contribution in [3.8, 4) is 11.5 Å². The van der Waals surface area contributed by atoms with Crippen LogP contribution in [0.4, 0.5) is 5.69 Å². The maximum absolute atomic E-state index is 13.0. The van der Waals surface area contributed by atoms with Crippen molar-refractivity contribution in [3.63, 3.8) is 0 Å². The first kappa shape index (κ1) is 22.8. The van der Waals surface area contributed by atoms with E-state index in [2.05, 4.69) is 6.92 Å². The molecule has 8 heteroatoms. The fraction of sp³-hybridized carbons (Fsp3) is 0.261. The van der Waals surface area contributed by atoms with E-state index in [0.29, 0.717) is 27.3 Å². The van der Waals surface area contributed by atoms with Crippen molar-refractivity contribution in [3.05, 3.63) is 58.5 Å². The van der Waals surface area contributed by atoms with E-state index in [0.717, 1.165) is 17.7 Å². The second-order valence-corrected chi connectivity index (χ2v) is 8.45. The summed E-state index contributed by atoms with van der Waals surface area (Å²) in [6.45, 7) is 5.74. The van der Waals surface area contributed by atoms with Gasteiger partial charge in [0.25, 0.3) is 5.91 Å². The van der Waals surface area contributed by atoms with E-state index in [1.165, 1.54) is 29.1 Å². The fourth-order valence-corrected chi connectivity index (χ4v) is 4.24. The molecule has 1 saturated heterocycles. The first-order chi connectivity index (χ1) is 14.8. The lowest BCUT2D eigenvalue weighted by molar-refractivity contribution is -0.144. The maximum Gasteiger partial charge on any atom is 0.344 e. The molecule has 1 N–H and O–H groups in total. The number of carboxylic acid groups (broad SMARTS) is 1. The molecule has 162 valence electrons. The highest BCUT2D eigenvalue weighted by Crippen LogP contribution is 2.37. The van der Waals surface area contributed by atoms with Gasteiger partial charge in [-0.2, -0.15) is 0 Å². The largest absolute Gasteiger partial charge is 0.490 e. The molecule has 0 radical (unpaired) electrons. The third-order valence-corrected chi connectivity index (χ3v) is 5.92. The summed E-state index contributed by atoms with van der Waals surface area (Å²) in [7, 11) is 0. The van der Waals surface area contributed by atoms with Crippen LogP contribution in [0.5, 0.6) is 11.5 Å². The van der Waals surface area contributed by atoms with Gasteiger partial charge in [-0.3, -0.25) is 9.69 Å². The fourth-order valence-electron chi connectivity index (χ4n) is 2.94. The van der Waals surface area contributed by atoms with E-state index in [4.69, 9.17) is 26.8 Å². The molecule has 1 fully saturated rings. The number of amides is 1. The molecule has 2 aromatic carbocycles. The number of benzene rings is 2. The third-order valence-electron chi connectivity index (χ3n) is 4.61. The van der Waals surface area contributed by atoms with Crippen LogP contribution >= 0.6 is 24.0 Å². The van der Waals surface area contributed by atoms with Crippen LogP contribution in [0.1, 0.15) is 31.9 Å². The highest BCUT2D eigenvalue weighted by Gasteiger charge is 2.33. The number of ether oxygens (including phenoxy) is 2. The normalized spacial score (nSPS) is 16.0. The summed E-state index contributed by atoms with van der Waals surface area (Å²) in [6, 6.07) is 12.9. The van der Waals surface area contributed by atoms with Gasteiger partial charge < -0.3 is 14.6 Å². The van der Waals surface area contributed by atoms with E-state index < -0.39 is 12.1 Å². The molecule has 1 unspecified atom stereocenters. The average molecular weight is 458 g/mol. The van der Waals surface area contributed by atoms with Crippen LogP contribution in [0.25, 0.3) is 6.08 Å². The number of aryl methyl sites for hydroxylation is 1. The number of nitrogens with zero attached hydrogens (tertiary/aromatic N) is 1. The van der Waals surface area contributed by atoms with E-state index in [-0.39, 0.29) is 5.91 Å². The van der Waals surface area contributed by atoms with Crippen LogP contribution in [0.3, 0.4) is 0 Å². The molecule has 0 aromatic heterocycles.